The topological polar surface area (TPSA) is 71.1 Å². The molecule has 272 valence electrons. The number of esters is 2. The van der Waals surface area contributed by atoms with Gasteiger partial charge in [-0.3, -0.25) is 4.79 Å². The Hall–Kier alpha value is -1.91. The number of carbonyl (C=O) groups is 2. The summed E-state index contributed by atoms with van der Waals surface area (Å²) in [5, 5.41) is -0.196. The van der Waals surface area contributed by atoms with Crippen LogP contribution in [0.4, 0.5) is 13.2 Å². The Morgan fingerprint density at radius 1 is 0.745 bits per heavy atom. The molecule has 0 amide bonds. The number of methoxy groups -OCH3 is 1. The van der Waals surface area contributed by atoms with Crippen molar-refractivity contribution in [1.82, 2.24) is 0 Å². The summed E-state index contributed by atoms with van der Waals surface area (Å²) in [5.41, 5.74) is -3.75. The Balaban J connectivity index is 2.61. The summed E-state index contributed by atoms with van der Waals surface area (Å²) >= 11 is 0. The van der Waals surface area contributed by atoms with E-state index >= 15 is 0 Å². The van der Waals surface area contributed by atoms with E-state index < -0.39 is 50.3 Å². The minimum atomic E-state index is -5.12. The molecule has 6 nitrogen and oxygen atoms in total. The quantitative estimate of drug-likeness (QED) is 0.0578. The first kappa shape index (κ1) is 43.1. The summed E-state index contributed by atoms with van der Waals surface area (Å²) < 4.78 is 65.2. The van der Waals surface area contributed by atoms with Gasteiger partial charge in [-0.2, -0.15) is 13.2 Å². The molecule has 0 aromatic heterocycles. The number of ether oxygens (including phenoxy) is 3. The molecule has 1 aromatic carbocycles. The van der Waals surface area contributed by atoms with Crippen molar-refractivity contribution in [2.24, 2.45) is 0 Å². The van der Waals surface area contributed by atoms with Gasteiger partial charge in [-0.1, -0.05) is 148 Å². The molecular weight excluding hydrogens is 625 g/mol. The van der Waals surface area contributed by atoms with E-state index in [1.807, 2.05) is 33.9 Å². The van der Waals surface area contributed by atoms with Crippen LogP contribution in [0, 0.1) is 0 Å². The molecule has 0 radical (unpaired) electrons. The molecule has 47 heavy (non-hydrogen) atoms. The Labute approximate surface area is 284 Å². The number of benzene rings is 1. The van der Waals surface area contributed by atoms with E-state index in [1.54, 1.807) is 6.07 Å². The highest BCUT2D eigenvalue weighted by atomic mass is 28.4. The molecule has 1 rings (SSSR count). The average Bonchev–Trinajstić information content (AvgIpc) is 3.00. The van der Waals surface area contributed by atoms with Gasteiger partial charge < -0.3 is 18.6 Å². The van der Waals surface area contributed by atoms with Crippen LogP contribution in [0.5, 0.6) is 0 Å². The Bertz CT molecular complexity index is 996. The summed E-state index contributed by atoms with van der Waals surface area (Å²) in [6.45, 7) is 11.6. The lowest BCUT2D eigenvalue weighted by molar-refractivity contribution is -0.279. The van der Waals surface area contributed by atoms with Crippen molar-refractivity contribution >= 4 is 20.3 Å². The highest BCUT2D eigenvalue weighted by Gasteiger charge is 2.64. The van der Waals surface area contributed by atoms with Gasteiger partial charge in [-0.05, 0) is 24.6 Å². The average molecular weight is 689 g/mol. The van der Waals surface area contributed by atoms with Gasteiger partial charge in [0.25, 0.3) is 5.60 Å². The third-order valence-electron chi connectivity index (χ3n) is 9.30. The van der Waals surface area contributed by atoms with Crippen molar-refractivity contribution in [2.75, 3.05) is 20.3 Å². The molecule has 0 spiro atoms. The predicted octanol–water partition coefficient (Wildman–Crippen LogP) is 10.8. The first-order chi connectivity index (χ1) is 22.1. The van der Waals surface area contributed by atoms with Gasteiger partial charge in [-0.15, -0.1) is 0 Å². The Kier molecular flexibility index (Phi) is 20.1. The van der Waals surface area contributed by atoms with E-state index in [1.165, 1.54) is 82.8 Å². The molecule has 0 fully saturated rings. The van der Waals surface area contributed by atoms with Gasteiger partial charge in [0.2, 0.25) is 0 Å². The summed E-state index contributed by atoms with van der Waals surface area (Å²) in [6, 6.07) is 6.65. The van der Waals surface area contributed by atoms with Crippen LogP contribution in [-0.2, 0) is 33.8 Å². The van der Waals surface area contributed by atoms with Crippen LogP contribution in [0.25, 0.3) is 0 Å². The number of alkyl halides is 3. The fraction of sp³-hybridized carbons (Fsp3) is 0.784. The van der Waals surface area contributed by atoms with E-state index in [9.17, 15) is 22.8 Å². The van der Waals surface area contributed by atoms with Crippen molar-refractivity contribution in [2.45, 2.75) is 166 Å². The molecule has 0 N–H and O–H groups in total. The third kappa shape index (κ3) is 15.5. The summed E-state index contributed by atoms with van der Waals surface area (Å²) in [6.07, 6.45) is 12.0. The molecule has 0 heterocycles. The summed E-state index contributed by atoms with van der Waals surface area (Å²) in [7, 11) is -1.55. The first-order valence-electron chi connectivity index (χ1n) is 17.8. The van der Waals surface area contributed by atoms with Gasteiger partial charge in [-0.25, -0.2) is 4.79 Å². The monoisotopic (exact) mass is 688 g/mol. The van der Waals surface area contributed by atoms with Crippen molar-refractivity contribution in [3.8, 4) is 0 Å². The lowest BCUT2D eigenvalue weighted by Crippen LogP contribution is -2.53. The van der Waals surface area contributed by atoms with E-state index in [4.69, 9.17) is 18.6 Å². The van der Waals surface area contributed by atoms with Crippen LogP contribution < -0.4 is 0 Å². The van der Waals surface area contributed by atoms with Crippen LogP contribution in [-0.4, -0.2) is 52.9 Å². The minimum Gasteiger partial charge on any atom is -0.462 e. The lowest BCUT2D eigenvalue weighted by atomic mass is 9.92. The standard InChI is InChI=1S/C37H63F3O6Si/c1-8-9-10-11-12-13-14-15-16-17-18-19-20-21-25-28-33(41)44-29-32(30-45-47(6,7)35(2,3)4)46-34(42)36(43-5,37(38,39)40)31-26-23-22-24-27-31/h22-24,26-27,32H,8-21,25,28-30H2,1-7H3/t32-,36+/m1/s1. The van der Waals surface area contributed by atoms with E-state index in [-0.39, 0.29) is 18.1 Å². The highest BCUT2D eigenvalue weighted by Crippen LogP contribution is 2.43. The second-order valence-corrected chi connectivity index (χ2v) is 19.0. The van der Waals surface area contributed by atoms with Gasteiger partial charge in [0, 0.05) is 19.1 Å². The second-order valence-electron chi connectivity index (χ2n) is 14.2. The van der Waals surface area contributed by atoms with Gasteiger partial charge in [0.05, 0.1) is 6.61 Å². The van der Waals surface area contributed by atoms with Crippen molar-refractivity contribution in [1.29, 1.82) is 0 Å². The van der Waals surface area contributed by atoms with Crippen molar-refractivity contribution < 1.29 is 41.4 Å². The predicted molar refractivity (Wildman–Crippen MR) is 185 cm³/mol. The zero-order valence-corrected chi connectivity index (χ0v) is 31.3. The van der Waals surface area contributed by atoms with Crippen LogP contribution in [0.3, 0.4) is 0 Å². The molecule has 0 aliphatic heterocycles. The second kappa shape index (κ2) is 21.9. The first-order valence-corrected chi connectivity index (χ1v) is 20.7. The largest absolute Gasteiger partial charge is 0.462 e. The van der Waals surface area contributed by atoms with Crippen molar-refractivity contribution in [3.05, 3.63) is 35.9 Å². The normalized spacial score (nSPS) is 14.4. The van der Waals surface area contributed by atoms with Gasteiger partial charge in [0.15, 0.2) is 14.4 Å². The van der Waals surface area contributed by atoms with E-state index in [0.717, 1.165) is 38.5 Å². The Morgan fingerprint density at radius 2 is 1.21 bits per heavy atom. The van der Waals surface area contributed by atoms with E-state index in [0.29, 0.717) is 6.42 Å². The van der Waals surface area contributed by atoms with Gasteiger partial charge >= 0.3 is 18.1 Å². The number of hydrogen-bond acceptors (Lipinski definition) is 6. The molecular formula is C37H63F3O6Si. The van der Waals surface area contributed by atoms with Crippen LogP contribution >= 0.6 is 0 Å². The zero-order chi connectivity index (χ0) is 35.4. The Morgan fingerprint density at radius 3 is 1.64 bits per heavy atom. The van der Waals surface area contributed by atoms with Gasteiger partial charge in [0.1, 0.15) is 6.61 Å². The molecule has 2 atom stereocenters. The molecule has 0 aliphatic carbocycles. The maximum atomic E-state index is 14.4. The molecule has 0 bridgehead atoms. The number of halogens is 3. The number of carbonyl (C=O) groups excluding carboxylic acids is 2. The summed E-state index contributed by atoms with van der Waals surface area (Å²) in [4.78, 5) is 25.9. The number of rotatable bonds is 25. The SMILES string of the molecule is CCCCCCCCCCCCCCCCCC(=O)OC[C@H](CO[Si](C)(C)C(C)(C)C)OC(=O)[C@@](OC)(c1ccccc1)C(F)(F)F. The molecule has 0 aliphatic rings. The van der Waals surface area contributed by atoms with Crippen LogP contribution in [0.1, 0.15) is 136 Å². The molecule has 1 aromatic rings. The lowest BCUT2D eigenvalue weighted by Gasteiger charge is -2.38. The molecule has 0 saturated carbocycles. The van der Waals surface area contributed by atoms with E-state index in [2.05, 4.69) is 6.92 Å². The fourth-order valence-corrected chi connectivity index (χ4v) is 6.19. The highest BCUT2D eigenvalue weighted by molar-refractivity contribution is 6.74. The maximum absolute atomic E-state index is 14.4. The third-order valence-corrected chi connectivity index (χ3v) is 13.8. The maximum Gasteiger partial charge on any atom is 0.432 e. The summed E-state index contributed by atoms with van der Waals surface area (Å²) in [5.74, 6) is -2.12. The van der Waals surface area contributed by atoms with Crippen LogP contribution in [0.15, 0.2) is 30.3 Å². The molecule has 0 saturated heterocycles. The molecule has 0 unspecified atom stereocenters. The minimum absolute atomic E-state index is 0.191. The fourth-order valence-electron chi connectivity index (χ4n) is 5.15. The smallest absolute Gasteiger partial charge is 0.432 e. The number of unbranched alkanes of at least 4 members (excludes halogenated alkanes) is 14. The zero-order valence-electron chi connectivity index (χ0n) is 30.3. The van der Waals surface area contributed by atoms with Crippen molar-refractivity contribution in [3.63, 3.8) is 0 Å². The molecule has 10 heteroatoms. The number of hydrogen-bond donors (Lipinski definition) is 0. The van der Waals surface area contributed by atoms with Crippen LogP contribution in [0.2, 0.25) is 18.1 Å².